The quantitative estimate of drug-likeness (QED) is 0.853. The fourth-order valence-corrected chi connectivity index (χ4v) is 2.92. The van der Waals surface area contributed by atoms with E-state index in [9.17, 15) is 13.2 Å². The second-order valence-corrected chi connectivity index (χ2v) is 7.27. The molecule has 1 fully saturated rings. The summed E-state index contributed by atoms with van der Waals surface area (Å²) in [5, 5.41) is 8.35. The van der Waals surface area contributed by atoms with Crippen LogP contribution in [0.2, 0.25) is 10.0 Å². The van der Waals surface area contributed by atoms with Gasteiger partial charge in [-0.2, -0.15) is 0 Å². The Kier molecular flexibility index (Phi) is 4.59. The molecule has 20 heavy (non-hydrogen) atoms. The zero-order valence-corrected chi connectivity index (χ0v) is 12.8. The molecule has 1 aromatic carbocycles. The normalized spacial score (nSPS) is 21.6. The van der Waals surface area contributed by atoms with Crippen molar-refractivity contribution in [1.29, 1.82) is 0 Å². The van der Waals surface area contributed by atoms with Crippen LogP contribution in [0.25, 0.3) is 0 Å². The molecule has 110 valence electrons. The summed E-state index contributed by atoms with van der Waals surface area (Å²) in [5.74, 6) is -0.606. The van der Waals surface area contributed by atoms with Crippen molar-refractivity contribution in [2.24, 2.45) is 11.1 Å². The van der Waals surface area contributed by atoms with E-state index in [2.05, 4.69) is 5.32 Å². The van der Waals surface area contributed by atoms with Crippen molar-refractivity contribution in [2.45, 2.75) is 12.3 Å². The number of nitrogens with two attached hydrogens (primary N) is 1. The van der Waals surface area contributed by atoms with Gasteiger partial charge in [0.1, 0.15) is 0 Å². The van der Waals surface area contributed by atoms with E-state index in [1.54, 1.807) is 12.1 Å². The Morgan fingerprint density at radius 3 is 2.75 bits per heavy atom. The second-order valence-electron chi connectivity index (χ2n) is 4.75. The zero-order valence-electron chi connectivity index (χ0n) is 10.5. The minimum atomic E-state index is -3.56. The third kappa shape index (κ3) is 3.85. The average Bonchev–Trinajstić information content (AvgIpc) is 3.11. The van der Waals surface area contributed by atoms with E-state index < -0.39 is 10.0 Å². The molecule has 2 rings (SSSR count). The lowest BCUT2D eigenvalue weighted by molar-refractivity contribution is -0.122. The molecule has 5 nitrogen and oxygen atoms in total. The molecule has 0 bridgehead atoms. The number of nitrogens with one attached hydrogen (secondary N) is 1. The standard InChI is InChI=1S/C12H14Cl2N2O3S/c13-10-3-1-2-7(11(10)14)8-6-9(8)12(17)16-4-5-20(15,18)19/h1-3,8-9H,4-6H2,(H,16,17)(H2,15,18,19). The number of carbonyl (C=O) groups is 1. The fraction of sp³-hybridized carbons (Fsp3) is 0.417. The van der Waals surface area contributed by atoms with Crippen molar-refractivity contribution in [2.75, 3.05) is 12.3 Å². The average molecular weight is 337 g/mol. The topological polar surface area (TPSA) is 89.3 Å². The Balaban J connectivity index is 1.91. The third-order valence-electron chi connectivity index (χ3n) is 3.19. The lowest BCUT2D eigenvalue weighted by Gasteiger charge is -2.06. The molecule has 1 aliphatic carbocycles. The molecule has 0 radical (unpaired) electrons. The van der Waals surface area contributed by atoms with Gasteiger partial charge in [0.2, 0.25) is 15.9 Å². The number of rotatable bonds is 5. The smallest absolute Gasteiger partial charge is 0.223 e. The Bertz CT molecular complexity index is 634. The van der Waals surface area contributed by atoms with Crippen LogP contribution in [0.4, 0.5) is 0 Å². The Morgan fingerprint density at radius 1 is 1.40 bits per heavy atom. The van der Waals surface area contributed by atoms with Crippen LogP contribution in [-0.2, 0) is 14.8 Å². The van der Waals surface area contributed by atoms with Gasteiger partial charge in [0.05, 0.1) is 15.8 Å². The number of halogens is 2. The highest BCUT2D eigenvalue weighted by molar-refractivity contribution is 7.89. The van der Waals surface area contributed by atoms with Gasteiger partial charge >= 0.3 is 0 Å². The minimum Gasteiger partial charge on any atom is -0.355 e. The monoisotopic (exact) mass is 336 g/mol. The highest BCUT2D eigenvalue weighted by Gasteiger charge is 2.44. The lowest BCUT2D eigenvalue weighted by Crippen LogP contribution is -2.32. The van der Waals surface area contributed by atoms with Crippen molar-refractivity contribution in [3.05, 3.63) is 33.8 Å². The van der Waals surface area contributed by atoms with Crippen LogP contribution in [0.15, 0.2) is 18.2 Å². The molecule has 0 aliphatic heterocycles. The van der Waals surface area contributed by atoms with Gasteiger partial charge in [-0.05, 0) is 24.0 Å². The fourth-order valence-electron chi connectivity index (χ4n) is 2.08. The van der Waals surface area contributed by atoms with E-state index in [0.717, 1.165) is 5.56 Å². The second kappa shape index (κ2) is 5.89. The van der Waals surface area contributed by atoms with Crippen LogP contribution in [0.5, 0.6) is 0 Å². The molecule has 0 aromatic heterocycles. The summed E-state index contributed by atoms with van der Waals surface area (Å²) in [6, 6.07) is 5.32. The number of primary sulfonamides is 1. The highest BCUT2D eigenvalue weighted by Crippen LogP contribution is 2.50. The van der Waals surface area contributed by atoms with Crippen LogP contribution in [0.3, 0.4) is 0 Å². The summed E-state index contributed by atoms with van der Waals surface area (Å²) in [4.78, 5) is 11.8. The van der Waals surface area contributed by atoms with Gasteiger partial charge in [0.25, 0.3) is 0 Å². The molecule has 1 amide bonds. The van der Waals surface area contributed by atoms with E-state index in [4.69, 9.17) is 28.3 Å². The third-order valence-corrected chi connectivity index (χ3v) is 4.80. The maximum atomic E-state index is 11.8. The molecule has 1 saturated carbocycles. The SMILES string of the molecule is NS(=O)(=O)CCNC(=O)C1CC1c1cccc(Cl)c1Cl. The summed E-state index contributed by atoms with van der Waals surface area (Å²) in [6.07, 6.45) is 0.682. The lowest BCUT2D eigenvalue weighted by atomic mass is 10.1. The first kappa shape index (κ1) is 15.6. The minimum absolute atomic E-state index is 0.0180. The van der Waals surface area contributed by atoms with E-state index >= 15 is 0 Å². The number of sulfonamides is 1. The summed E-state index contributed by atoms with van der Waals surface area (Å²) in [7, 11) is -3.56. The summed E-state index contributed by atoms with van der Waals surface area (Å²) >= 11 is 12.0. The van der Waals surface area contributed by atoms with Crippen molar-refractivity contribution in [3.63, 3.8) is 0 Å². The molecule has 3 N–H and O–H groups in total. The molecular weight excluding hydrogens is 323 g/mol. The van der Waals surface area contributed by atoms with Crippen LogP contribution in [0, 0.1) is 5.92 Å². The molecular formula is C12H14Cl2N2O3S. The van der Waals surface area contributed by atoms with Gasteiger partial charge in [0, 0.05) is 12.5 Å². The summed E-state index contributed by atoms with van der Waals surface area (Å²) < 4.78 is 21.5. The largest absolute Gasteiger partial charge is 0.355 e. The van der Waals surface area contributed by atoms with E-state index in [0.29, 0.717) is 16.5 Å². The molecule has 2 atom stereocenters. The number of hydrogen-bond acceptors (Lipinski definition) is 3. The van der Waals surface area contributed by atoms with Gasteiger partial charge in [-0.25, -0.2) is 13.6 Å². The summed E-state index contributed by atoms with van der Waals surface area (Å²) in [6.45, 7) is 0.0180. The van der Waals surface area contributed by atoms with Crippen LogP contribution in [-0.4, -0.2) is 26.6 Å². The van der Waals surface area contributed by atoms with Gasteiger partial charge in [-0.1, -0.05) is 35.3 Å². The van der Waals surface area contributed by atoms with Gasteiger partial charge in [-0.15, -0.1) is 0 Å². The van der Waals surface area contributed by atoms with Crippen molar-refractivity contribution in [1.82, 2.24) is 5.32 Å². The summed E-state index contributed by atoms with van der Waals surface area (Å²) in [5.41, 5.74) is 0.853. The molecule has 1 aliphatic rings. The van der Waals surface area contributed by atoms with E-state index in [-0.39, 0.29) is 30.0 Å². The molecule has 0 saturated heterocycles. The first-order valence-corrected chi connectivity index (χ1v) is 8.49. The first-order chi connectivity index (χ1) is 9.29. The van der Waals surface area contributed by atoms with Crippen molar-refractivity contribution in [3.8, 4) is 0 Å². The Morgan fingerprint density at radius 2 is 2.10 bits per heavy atom. The van der Waals surface area contributed by atoms with E-state index in [1.165, 1.54) is 0 Å². The predicted octanol–water partition coefficient (Wildman–Crippen LogP) is 1.50. The van der Waals surface area contributed by atoms with Crippen molar-refractivity contribution < 1.29 is 13.2 Å². The number of benzene rings is 1. The van der Waals surface area contributed by atoms with Crippen LogP contribution in [0.1, 0.15) is 17.9 Å². The molecule has 8 heteroatoms. The zero-order chi connectivity index (χ0) is 14.9. The Hall–Kier alpha value is -0.820. The Labute approximate surface area is 127 Å². The van der Waals surface area contributed by atoms with Crippen LogP contribution >= 0.6 is 23.2 Å². The number of hydrogen-bond donors (Lipinski definition) is 2. The maximum Gasteiger partial charge on any atom is 0.223 e. The first-order valence-electron chi connectivity index (χ1n) is 6.01. The van der Waals surface area contributed by atoms with Gasteiger partial charge in [-0.3, -0.25) is 4.79 Å². The van der Waals surface area contributed by atoms with Crippen LogP contribution < -0.4 is 10.5 Å². The molecule has 0 spiro atoms. The molecule has 1 aromatic rings. The van der Waals surface area contributed by atoms with Gasteiger partial charge < -0.3 is 5.32 Å². The maximum absolute atomic E-state index is 11.8. The molecule has 0 heterocycles. The number of carbonyl (C=O) groups excluding carboxylic acids is 1. The predicted molar refractivity (Wildman–Crippen MR) is 78.3 cm³/mol. The van der Waals surface area contributed by atoms with E-state index in [1.807, 2.05) is 6.07 Å². The highest BCUT2D eigenvalue weighted by atomic mass is 35.5. The van der Waals surface area contributed by atoms with Gasteiger partial charge in [0.15, 0.2) is 0 Å². The van der Waals surface area contributed by atoms with Crippen molar-refractivity contribution >= 4 is 39.1 Å². The molecule has 2 unspecified atom stereocenters. The number of amides is 1.